The summed E-state index contributed by atoms with van der Waals surface area (Å²) >= 11 is 0. The number of nitrogens with zero attached hydrogens (tertiary/aromatic N) is 5. The standard InChI is InChI=1S/C24H23FN6O2/c1-2-19-28-29-20-10-9-14(12-31(19)20)26-23(32)16-11-18(15-5-3-4-6-17(15)25)27-24-21(16)22(30-33-24)13-7-8-13/h3-6,11,13-14H,2,7-10,12H2,1H3,(H,26,32). The van der Waals surface area contributed by atoms with Gasteiger partial charge in [-0.1, -0.05) is 24.2 Å². The van der Waals surface area contributed by atoms with Crippen molar-refractivity contribution >= 4 is 17.0 Å². The zero-order valence-corrected chi connectivity index (χ0v) is 18.2. The Morgan fingerprint density at radius 3 is 2.88 bits per heavy atom. The minimum atomic E-state index is -0.405. The Bertz CT molecular complexity index is 1360. The SMILES string of the molecule is CCc1nnc2n1CC(NC(=O)c1cc(-c3ccccc3F)nc3onc(C4CC4)c13)CC2. The van der Waals surface area contributed by atoms with E-state index in [0.29, 0.717) is 28.8 Å². The third kappa shape index (κ3) is 3.48. The number of pyridine rings is 1. The molecule has 0 saturated heterocycles. The molecule has 1 N–H and O–H groups in total. The number of hydrogen-bond donors (Lipinski definition) is 1. The number of hydrogen-bond acceptors (Lipinski definition) is 6. The number of rotatable bonds is 5. The molecule has 33 heavy (non-hydrogen) atoms. The number of fused-ring (bicyclic) bond motifs is 2. The van der Waals surface area contributed by atoms with Crippen LogP contribution in [0.2, 0.25) is 0 Å². The quantitative estimate of drug-likeness (QED) is 0.501. The van der Waals surface area contributed by atoms with Crippen LogP contribution in [0.25, 0.3) is 22.4 Å². The predicted molar refractivity (Wildman–Crippen MR) is 118 cm³/mol. The van der Waals surface area contributed by atoms with Gasteiger partial charge in [0.2, 0.25) is 0 Å². The van der Waals surface area contributed by atoms with Gasteiger partial charge in [-0.3, -0.25) is 4.79 Å². The first-order valence-corrected chi connectivity index (χ1v) is 11.4. The number of aromatic nitrogens is 5. The van der Waals surface area contributed by atoms with Crippen LogP contribution in [0.4, 0.5) is 4.39 Å². The highest BCUT2D eigenvalue weighted by Gasteiger charge is 2.33. The molecule has 0 spiro atoms. The molecule has 1 atom stereocenters. The van der Waals surface area contributed by atoms with Gasteiger partial charge in [0.05, 0.1) is 22.3 Å². The zero-order valence-electron chi connectivity index (χ0n) is 18.2. The largest absolute Gasteiger partial charge is 0.347 e. The molecule has 1 unspecified atom stereocenters. The van der Waals surface area contributed by atoms with Gasteiger partial charge in [-0.15, -0.1) is 10.2 Å². The fourth-order valence-corrected chi connectivity index (χ4v) is 4.62. The molecule has 4 aromatic rings. The van der Waals surface area contributed by atoms with Crippen molar-refractivity contribution in [1.29, 1.82) is 0 Å². The molecule has 0 radical (unpaired) electrons. The Kier molecular flexibility index (Phi) is 4.70. The fraction of sp³-hybridized carbons (Fsp3) is 0.375. The first kappa shape index (κ1) is 20.0. The molecule has 3 aromatic heterocycles. The van der Waals surface area contributed by atoms with E-state index in [4.69, 9.17) is 4.52 Å². The van der Waals surface area contributed by atoms with Crippen LogP contribution in [0.3, 0.4) is 0 Å². The smallest absolute Gasteiger partial charge is 0.259 e. The van der Waals surface area contributed by atoms with Crippen molar-refractivity contribution in [3.05, 3.63) is 59.1 Å². The highest BCUT2D eigenvalue weighted by molar-refractivity contribution is 6.07. The normalized spacial score (nSPS) is 17.8. The number of halogens is 1. The summed E-state index contributed by atoms with van der Waals surface area (Å²) in [5.41, 5.74) is 2.12. The Labute approximate surface area is 189 Å². The lowest BCUT2D eigenvalue weighted by Gasteiger charge is -2.25. The van der Waals surface area contributed by atoms with Crippen molar-refractivity contribution in [3.8, 4) is 11.3 Å². The number of nitrogens with one attached hydrogen (secondary N) is 1. The second-order valence-electron chi connectivity index (χ2n) is 8.76. The summed E-state index contributed by atoms with van der Waals surface area (Å²) in [5, 5.41) is 16.5. The van der Waals surface area contributed by atoms with E-state index in [-0.39, 0.29) is 23.6 Å². The van der Waals surface area contributed by atoms with E-state index in [1.54, 1.807) is 24.3 Å². The van der Waals surface area contributed by atoms with Crippen molar-refractivity contribution in [1.82, 2.24) is 30.2 Å². The highest BCUT2D eigenvalue weighted by atomic mass is 19.1. The number of aryl methyl sites for hydroxylation is 2. The predicted octanol–water partition coefficient (Wildman–Crippen LogP) is 3.81. The minimum absolute atomic E-state index is 0.0596. The van der Waals surface area contributed by atoms with E-state index in [1.165, 1.54) is 6.07 Å². The zero-order chi connectivity index (χ0) is 22.5. The highest BCUT2D eigenvalue weighted by Crippen LogP contribution is 2.43. The average Bonchev–Trinajstić information content (AvgIpc) is 3.45. The van der Waals surface area contributed by atoms with Gasteiger partial charge in [-0.2, -0.15) is 0 Å². The topological polar surface area (TPSA) is 98.7 Å². The molecular weight excluding hydrogens is 423 g/mol. The van der Waals surface area contributed by atoms with Gasteiger partial charge >= 0.3 is 0 Å². The Morgan fingerprint density at radius 1 is 1.24 bits per heavy atom. The van der Waals surface area contributed by atoms with E-state index in [0.717, 1.165) is 49.4 Å². The Hall–Kier alpha value is -3.62. The molecule has 168 valence electrons. The maximum absolute atomic E-state index is 14.5. The number of benzene rings is 1. The van der Waals surface area contributed by atoms with Gasteiger partial charge in [0.25, 0.3) is 11.6 Å². The van der Waals surface area contributed by atoms with Crippen LogP contribution >= 0.6 is 0 Å². The molecular formula is C24H23FN6O2. The molecule has 1 aromatic carbocycles. The Balaban J connectivity index is 1.38. The number of carbonyl (C=O) groups is 1. The molecule has 0 bridgehead atoms. The van der Waals surface area contributed by atoms with E-state index in [1.807, 2.05) is 6.92 Å². The summed E-state index contributed by atoms with van der Waals surface area (Å²) in [6, 6.07) is 7.98. The molecule has 1 saturated carbocycles. The first-order chi connectivity index (χ1) is 16.1. The van der Waals surface area contributed by atoms with Gasteiger partial charge in [0.15, 0.2) is 0 Å². The minimum Gasteiger partial charge on any atom is -0.347 e. The summed E-state index contributed by atoms with van der Waals surface area (Å²) in [5.74, 6) is 1.52. The molecule has 1 aliphatic heterocycles. The summed E-state index contributed by atoms with van der Waals surface area (Å²) in [4.78, 5) is 18.1. The average molecular weight is 446 g/mol. The molecule has 4 heterocycles. The third-order valence-corrected chi connectivity index (χ3v) is 6.51. The summed E-state index contributed by atoms with van der Waals surface area (Å²) in [6.07, 6.45) is 4.34. The second kappa shape index (κ2) is 7.75. The van der Waals surface area contributed by atoms with E-state index in [9.17, 15) is 9.18 Å². The second-order valence-corrected chi connectivity index (χ2v) is 8.76. The maximum atomic E-state index is 14.5. The van der Waals surface area contributed by atoms with E-state index < -0.39 is 5.82 Å². The lowest BCUT2D eigenvalue weighted by molar-refractivity contribution is 0.0929. The van der Waals surface area contributed by atoms with Crippen LogP contribution < -0.4 is 5.32 Å². The van der Waals surface area contributed by atoms with Crippen molar-refractivity contribution < 1.29 is 13.7 Å². The lowest BCUT2D eigenvalue weighted by atomic mass is 10.0. The molecule has 1 aliphatic carbocycles. The summed E-state index contributed by atoms with van der Waals surface area (Å²) in [7, 11) is 0. The summed E-state index contributed by atoms with van der Waals surface area (Å²) in [6.45, 7) is 2.67. The van der Waals surface area contributed by atoms with Crippen molar-refractivity contribution in [2.24, 2.45) is 0 Å². The molecule has 1 amide bonds. The van der Waals surface area contributed by atoms with E-state index in [2.05, 4.69) is 30.2 Å². The summed E-state index contributed by atoms with van der Waals surface area (Å²) < 4.78 is 22.1. The third-order valence-electron chi connectivity index (χ3n) is 6.51. The van der Waals surface area contributed by atoms with Gasteiger partial charge in [-0.25, -0.2) is 9.37 Å². The van der Waals surface area contributed by atoms with E-state index >= 15 is 0 Å². The van der Waals surface area contributed by atoms with Crippen LogP contribution in [-0.2, 0) is 19.4 Å². The van der Waals surface area contributed by atoms with Crippen molar-refractivity contribution in [3.63, 3.8) is 0 Å². The molecule has 9 heteroatoms. The van der Waals surface area contributed by atoms with Crippen LogP contribution in [-0.4, -0.2) is 36.9 Å². The van der Waals surface area contributed by atoms with Crippen LogP contribution in [0.15, 0.2) is 34.9 Å². The van der Waals surface area contributed by atoms with Gasteiger partial charge in [0.1, 0.15) is 17.5 Å². The maximum Gasteiger partial charge on any atom is 0.259 e. The van der Waals surface area contributed by atoms with Crippen LogP contribution in [0.1, 0.15) is 59.8 Å². The van der Waals surface area contributed by atoms with Crippen molar-refractivity contribution in [2.75, 3.05) is 0 Å². The lowest BCUT2D eigenvalue weighted by Crippen LogP contribution is -2.41. The van der Waals surface area contributed by atoms with Crippen LogP contribution in [0, 0.1) is 5.82 Å². The van der Waals surface area contributed by atoms with Crippen LogP contribution in [0.5, 0.6) is 0 Å². The Morgan fingerprint density at radius 2 is 2.09 bits per heavy atom. The molecule has 2 aliphatic rings. The van der Waals surface area contributed by atoms with Crippen molar-refractivity contribution in [2.45, 2.75) is 57.5 Å². The number of carbonyl (C=O) groups excluding carboxylic acids is 1. The fourth-order valence-electron chi connectivity index (χ4n) is 4.62. The molecule has 8 nitrogen and oxygen atoms in total. The molecule has 1 fully saturated rings. The molecule has 6 rings (SSSR count). The van der Waals surface area contributed by atoms with Gasteiger partial charge < -0.3 is 14.4 Å². The monoisotopic (exact) mass is 446 g/mol. The number of amides is 1. The van der Waals surface area contributed by atoms with Gasteiger partial charge in [0, 0.05) is 36.9 Å². The van der Waals surface area contributed by atoms with Gasteiger partial charge in [-0.05, 0) is 37.5 Å². The first-order valence-electron chi connectivity index (χ1n) is 11.4.